The smallest absolute Gasteiger partial charge is 0.233 e. The Morgan fingerprint density at radius 1 is 1.16 bits per heavy atom. The number of nitrogens with zero attached hydrogens (tertiary/aromatic N) is 2. The van der Waals surface area contributed by atoms with Crippen molar-refractivity contribution in [3.05, 3.63) is 48.0 Å². The molecule has 0 bridgehead atoms. The molecule has 4 heteroatoms. The fourth-order valence-corrected chi connectivity index (χ4v) is 3.84. The number of nitrogens with one attached hydrogen (secondary N) is 1. The van der Waals surface area contributed by atoms with Crippen molar-refractivity contribution in [2.75, 3.05) is 40.3 Å². The van der Waals surface area contributed by atoms with Gasteiger partial charge in [0.15, 0.2) is 0 Å². The first-order valence-electron chi connectivity index (χ1n) is 9.24. The molecule has 1 aliphatic rings. The summed E-state index contributed by atoms with van der Waals surface area (Å²) in [6.07, 6.45) is 2.35. The molecule has 25 heavy (non-hydrogen) atoms. The van der Waals surface area contributed by atoms with Gasteiger partial charge in [-0.2, -0.15) is 0 Å². The van der Waals surface area contributed by atoms with Crippen LogP contribution in [0.4, 0.5) is 0 Å². The van der Waals surface area contributed by atoms with E-state index in [9.17, 15) is 4.79 Å². The highest BCUT2D eigenvalue weighted by Crippen LogP contribution is 2.22. The number of likely N-dealkylation sites (N-methyl/N-ethyl adjacent to an activating group) is 1. The number of benzene rings is 2. The van der Waals surface area contributed by atoms with E-state index in [2.05, 4.69) is 64.6 Å². The first-order chi connectivity index (χ1) is 12.2. The van der Waals surface area contributed by atoms with Crippen LogP contribution in [0.3, 0.4) is 0 Å². The summed E-state index contributed by atoms with van der Waals surface area (Å²) in [5, 5.41) is 5.38. The van der Waals surface area contributed by atoms with E-state index in [0.29, 0.717) is 6.54 Å². The maximum atomic E-state index is 11.5. The number of likely N-dealkylation sites (tertiary alicyclic amines) is 1. The highest BCUT2D eigenvalue weighted by Gasteiger charge is 2.21. The lowest BCUT2D eigenvalue weighted by molar-refractivity contribution is -0.122. The van der Waals surface area contributed by atoms with Crippen LogP contribution in [0.2, 0.25) is 0 Å². The zero-order chi connectivity index (χ0) is 17.6. The summed E-state index contributed by atoms with van der Waals surface area (Å²) in [5.74, 6) is 0.840. The Hall–Kier alpha value is -1.91. The normalized spacial score (nSPS) is 16.4. The van der Waals surface area contributed by atoms with Gasteiger partial charge in [0, 0.05) is 20.1 Å². The third-order valence-electron chi connectivity index (χ3n) is 5.24. The standard InChI is InChI=1S/C21H29N3O/c1-22-21(25)16-24-12-10-17(11-13-24)14-23(2)15-19-8-5-7-18-6-3-4-9-20(18)19/h3-9,17H,10-16H2,1-2H3,(H,22,25). The molecule has 0 aliphatic carbocycles. The molecule has 0 unspecified atom stereocenters. The van der Waals surface area contributed by atoms with Gasteiger partial charge in [0.2, 0.25) is 5.91 Å². The van der Waals surface area contributed by atoms with Crippen molar-refractivity contribution < 1.29 is 4.79 Å². The predicted molar refractivity (Wildman–Crippen MR) is 104 cm³/mol. The van der Waals surface area contributed by atoms with Crippen LogP contribution >= 0.6 is 0 Å². The molecule has 2 aromatic rings. The first kappa shape index (κ1) is 17.9. The van der Waals surface area contributed by atoms with Gasteiger partial charge in [0.25, 0.3) is 0 Å². The van der Waals surface area contributed by atoms with Crippen molar-refractivity contribution in [2.24, 2.45) is 5.92 Å². The molecule has 2 aromatic carbocycles. The fraction of sp³-hybridized carbons (Fsp3) is 0.476. The quantitative estimate of drug-likeness (QED) is 0.879. The largest absolute Gasteiger partial charge is 0.358 e. The lowest BCUT2D eigenvalue weighted by atomic mass is 9.96. The second-order valence-electron chi connectivity index (χ2n) is 7.23. The molecule has 134 valence electrons. The summed E-state index contributed by atoms with van der Waals surface area (Å²) >= 11 is 0. The third kappa shape index (κ3) is 4.80. The lowest BCUT2D eigenvalue weighted by Gasteiger charge is -2.33. The van der Waals surface area contributed by atoms with Crippen molar-refractivity contribution in [2.45, 2.75) is 19.4 Å². The molecule has 0 radical (unpaired) electrons. The number of carbonyl (C=O) groups excluding carboxylic acids is 1. The van der Waals surface area contributed by atoms with Crippen LogP contribution in [0.25, 0.3) is 10.8 Å². The van der Waals surface area contributed by atoms with Crippen molar-refractivity contribution in [3.63, 3.8) is 0 Å². The summed E-state index contributed by atoms with van der Waals surface area (Å²) in [4.78, 5) is 16.2. The van der Waals surface area contributed by atoms with E-state index >= 15 is 0 Å². The van der Waals surface area contributed by atoms with Gasteiger partial charge in [0.05, 0.1) is 6.54 Å². The minimum atomic E-state index is 0.117. The molecule has 0 spiro atoms. The number of hydrogen-bond donors (Lipinski definition) is 1. The van der Waals surface area contributed by atoms with Crippen LogP contribution in [-0.2, 0) is 11.3 Å². The molecular formula is C21H29N3O. The van der Waals surface area contributed by atoms with Crippen molar-refractivity contribution in [3.8, 4) is 0 Å². The van der Waals surface area contributed by atoms with Crippen LogP contribution < -0.4 is 5.32 Å². The maximum Gasteiger partial charge on any atom is 0.233 e. The molecule has 0 aromatic heterocycles. The highest BCUT2D eigenvalue weighted by molar-refractivity contribution is 5.85. The van der Waals surface area contributed by atoms with Gasteiger partial charge >= 0.3 is 0 Å². The monoisotopic (exact) mass is 339 g/mol. The average molecular weight is 339 g/mol. The van der Waals surface area contributed by atoms with Gasteiger partial charge in [-0.15, -0.1) is 0 Å². The maximum absolute atomic E-state index is 11.5. The van der Waals surface area contributed by atoms with Crippen LogP contribution in [-0.4, -0.2) is 56.0 Å². The Labute approximate surface area is 150 Å². The Morgan fingerprint density at radius 2 is 1.88 bits per heavy atom. The molecule has 1 N–H and O–H groups in total. The van der Waals surface area contributed by atoms with E-state index in [0.717, 1.165) is 32.1 Å². The fourth-order valence-electron chi connectivity index (χ4n) is 3.84. The van der Waals surface area contributed by atoms with E-state index in [1.54, 1.807) is 7.05 Å². The Kier molecular flexibility index (Phi) is 6.05. The van der Waals surface area contributed by atoms with Crippen molar-refractivity contribution in [1.82, 2.24) is 15.1 Å². The number of rotatable bonds is 6. The molecule has 0 saturated carbocycles. The van der Waals surface area contributed by atoms with E-state index in [1.165, 1.54) is 29.2 Å². The van der Waals surface area contributed by atoms with Crippen LogP contribution in [0.5, 0.6) is 0 Å². The summed E-state index contributed by atoms with van der Waals surface area (Å²) in [7, 11) is 3.93. The molecule has 1 fully saturated rings. The molecule has 3 rings (SSSR count). The highest BCUT2D eigenvalue weighted by atomic mass is 16.1. The lowest BCUT2D eigenvalue weighted by Crippen LogP contribution is -2.42. The summed E-state index contributed by atoms with van der Waals surface area (Å²) in [6, 6.07) is 15.2. The SMILES string of the molecule is CNC(=O)CN1CCC(CN(C)Cc2cccc3ccccc23)CC1. The van der Waals surface area contributed by atoms with Gasteiger partial charge in [-0.05, 0) is 55.2 Å². The van der Waals surface area contributed by atoms with E-state index in [1.807, 2.05) is 0 Å². The Morgan fingerprint density at radius 3 is 2.64 bits per heavy atom. The Balaban J connectivity index is 1.51. The molecular weight excluding hydrogens is 310 g/mol. The zero-order valence-electron chi connectivity index (χ0n) is 15.4. The van der Waals surface area contributed by atoms with Crippen LogP contribution in [0.1, 0.15) is 18.4 Å². The van der Waals surface area contributed by atoms with Crippen molar-refractivity contribution in [1.29, 1.82) is 0 Å². The van der Waals surface area contributed by atoms with Gasteiger partial charge in [-0.25, -0.2) is 0 Å². The Bertz CT molecular complexity index is 702. The average Bonchev–Trinajstić information content (AvgIpc) is 2.63. The van der Waals surface area contributed by atoms with Gasteiger partial charge in [0.1, 0.15) is 0 Å². The van der Waals surface area contributed by atoms with Gasteiger partial charge in [-0.1, -0.05) is 42.5 Å². The minimum absolute atomic E-state index is 0.117. The van der Waals surface area contributed by atoms with E-state index in [-0.39, 0.29) is 5.91 Å². The molecule has 1 amide bonds. The second kappa shape index (κ2) is 8.45. The third-order valence-corrected chi connectivity index (χ3v) is 5.24. The molecule has 1 heterocycles. The topological polar surface area (TPSA) is 35.6 Å². The number of amides is 1. The minimum Gasteiger partial charge on any atom is -0.358 e. The summed E-state index contributed by atoms with van der Waals surface area (Å²) in [6.45, 7) is 4.70. The summed E-state index contributed by atoms with van der Waals surface area (Å²) < 4.78 is 0. The van der Waals surface area contributed by atoms with Crippen LogP contribution in [0.15, 0.2) is 42.5 Å². The van der Waals surface area contributed by atoms with E-state index in [4.69, 9.17) is 0 Å². The molecule has 4 nitrogen and oxygen atoms in total. The molecule has 0 atom stereocenters. The number of fused-ring (bicyclic) bond motifs is 1. The van der Waals surface area contributed by atoms with E-state index < -0.39 is 0 Å². The molecule has 1 saturated heterocycles. The summed E-state index contributed by atoms with van der Waals surface area (Å²) in [5.41, 5.74) is 1.40. The van der Waals surface area contributed by atoms with Gasteiger partial charge in [-0.3, -0.25) is 9.69 Å². The first-order valence-corrected chi connectivity index (χ1v) is 9.24. The van der Waals surface area contributed by atoms with Gasteiger partial charge < -0.3 is 10.2 Å². The van der Waals surface area contributed by atoms with Crippen LogP contribution in [0, 0.1) is 5.92 Å². The predicted octanol–water partition coefficient (Wildman–Crippen LogP) is 2.73. The zero-order valence-corrected chi connectivity index (χ0v) is 15.4. The second-order valence-corrected chi connectivity index (χ2v) is 7.23. The number of carbonyl (C=O) groups is 1. The number of piperidine rings is 1. The molecule has 1 aliphatic heterocycles. The van der Waals surface area contributed by atoms with Crippen molar-refractivity contribution >= 4 is 16.7 Å². The number of hydrogen-bond acceptors (Lipinski definition) is 3.